The molecule has 0 aliphatic rings. The number of aliphatic carboxylic acids is 1. The maximum atomic E-state index is 13.5. The van der Waals surface area contributed by atoms with Crippen LogP contribution in [0.5, 0.6) is 11.5 Å². The van der Waals surface area contributed by atoms with Crippen molar-refractivity contribution in [2.45, 2.75) is 26.3 Å². The molecule has 0 spiro atoms. The minimum Gasteiger partial charge on any atom is -0.480 e. The van der Waals surface area contributed by atoms with Crippen molar-refractivity contribution < 1.29 is 23.8 Å². The van der Waals surface area contributed by atoms with Crippen LogP contribution in [0.4, 0.5) is 10.1 Å². The molecule has 0 heterocycles. The summed E-state index contributed by atoms with van der Waals surface area (Å²) in [6.07, 6.45) is 0.124. The lowest BCUT2D eigenvalue weighted by molar-refractivity contribution is -0.139. The summed E-state index contributed by atoms with van der Waals surface area (Å²) in [7, 11) is 0. The Morgan fingerprint density at radius 2 is 1.57 bits per heavy atom. The molecule has 0 radical (unpaired) electrons. The maximum Gasteiger partial charge on any atom is 0.326 e. The van der Waals surface area contributed by atoms with Crippen LogP contribution in [0.15, 0.2) is 95.5 Å². The Morgan fingerprint density at radius 1 is 0.900 bits per heavy atom. The summed E-state index contributed by atoms with van der Waals surface area (Å²) in [5.74, 6) is -0.957. The number of carboxylic acids is 1. The Bertz CT molecular complexity index is 1490. The molecule has 1 unspecified atom stereocenters. The van der Waals surface area contributed by atoms with Gasteiger partial charge in [-0.05, 0) is 73.0 Å². The Hall–Kier alpha value is -4.17. The molecule has 6 nitrogen and oxygen atoms in total. The summed E-state index contributed by atoms with van der Waals surface area (Å²) in [5, 5.41) is 12.6. The summed E-state index contributed by atoms with van der Waals surface area (Å²) < 4.78 is 20.0. The molecule has 1 amide bonds. The van der Waals surface area contributed by atoms with Gasteiger partial charge in [0.2, 0.25) is 0 Å². The SMILES string of the molecule is CCN(CC)c1ccc(Br)cc1C(=O)NC(Cc1ccc(-c2cccc(Oc3cccc(F)c3)c2)cc1)C(=O)O. The van der Waals surface area contributed by atoms with Crippen molar-refractivity contribution in [1.29, 1.82) is 0 Å². The van der Waals surface area contributed by atoms with Crippen molar-refractivity contribution in [1.82, 2.24) is 5.32 Å². The third-order valence-corrected chi connectivity index (χ3v) is 7.00. The van der Waals surface area contributed by atoms with E-state index in [0.717, 1.165) is 26.9 Å². The fourth-order valence-corrected chi connectivity index (χ4v) is 4.80. The van der Waals surface area contributed by atoms with Gasteiger partial charge in [0, 0.05) is 35.7 Å². The summed E-state index contributed by atoms with van der Waals surface area (Å²) in [5.41, 5.74) is 3.73. The van der Waals surface area contributed by atoms with E-state index in [2.05, 4.69) is 21.2 Å². The maximum absolute atomic E-state index is 13.5. The first kappa shape index (κ1) is 28.8. The second-order valence-corrected chi connectivity index (χ2v) is 10.1. The second-order valence-electron chi connectivity index (χ2n) is 9.19. The van der Waals surface area contributed by atoms with E-state index in [4.69, 9.17) is 4.74 Å². The van der Waals surface area contributed by atoms with Crippen LogP contribution < -0.4 is 15.0 Å². The van der Waals surface area contributed by atoms with Crippen LogP contribution in [0.3, 0.4) is 0 Å². The first-order chi connectivity index (χ1) is 19.3. The van der Waals surface area contributed by atoms with E-state index in [1.54, 1.807) is 24.3 Å². The molecule has 0 bridgehead atoms. The van der Waals surface area contributed by atoms with Gasteiger partial charge in [0.05, 0.1) is 5.56 Å². The molecule has 0 saturated carbocycles. The van der Waals surface area contributed by atoms with Crippen LogP contribution in [-0.2, 0) is 11.2 Å². The van der Waals surface area contributed by atoms with E-state index in [0.29, 0.717) is 30.2 Å². The number of carboxylic acid groups (broad SMARTS) is 1. The van der Waals surface area contributed by atoms with E-state index in [-0.39, 0.29) is 12.2 Å². The molecule has 0 fully saturated rings. The average molecular weight is 606 g/mol. The summed E-state index contributed by atoms with van der Waals surface area (Å²) in [6.45, 7) is 5.44. The molecule has 2 N–H and O–H groups in total. The molecule has 4 aromatic carbocycles. The third kappa shape index (κ3) is 7.27. The number of benzene rings is 4. The van der Waals surface area contributed by atoms with Crippen LogP contribution in [0.1, 0.15) is 29.8 Å². The van der Waals surface area contributed by atoms with Crippen LogP contribution >= 0.6 is 15.9 Å². The number of nitrogens with zero attached hydrogens (tertiary/aromatic N) is 1. The standard InChI is InChI=1S/C32H30BrFN2O4/c1-3-36(4-2)30-16-15-24(33)19-28(30)31(37)35-29(32(38)39)17-21-11-13-22(14-12-21)23-7-5-9-26(18-23)40-27-10-6-8-25(34)20-27/h5-16,18-20,29H,3-4,17H2,1-2H3,(H,35,37)(H,38,39). The normalized spacial score (nSPS) is 11.5. The molecule has 1 atom stereocenters. The van der Waals surface area contributed by atoms with Gasteiger partial charge in [-0.2, -0.15) is 0 Å². The number of anilines is 1. The molecular formula is C32H30BrFN2O4. The molecule has 4 aromatic rings. The molecule has 0 saturated heterocycles. The number of ether oxygens (including phenoxy) is 1. The quantitative estimate of drug-likeness (QED) is 0.187. The number of carbonyl (C=O) groups excluding carboxylic acids is 1. The zero-order chi connectivity index (χ0) is 28.6. The van der Waals surface area contributed by atoms with Gasteiger partial charge in [-0.3, -0.25) is 4.79 Å². The number of halogens is 2. The van der Waals surface area contributed by atoms with E-state index in [9.17, 15) is 19.1 Å². The minimum absolute atomic E-state index is 0.124. The molecule has 4 rings (SSSR count). The number of hydrogen-bond donors (Lipinski definition) is 2. The fourth-order valence-electron chi connectivity index (χ4n) is 4.44. The summed E-state index contributed by atoms with van der Waals surface area (Å²) in [4.78, 5) is 27.4. The number of amides is 1. The zero-order valence-corrected chi connectivity index (χ0v) is 23.8. The second kappa shape index (κ2) is 13.3. The van der Waals surface area contributed by atoms with Gasteiger partial charge in [0.15, 0.2) is 0 Å². The third-order valence-electron chi connectivity index (χ3n) is 6.50. The van der Waals surface area contributed by atoms with E-state index in [1.165, 1.54) is 12.1 Å². The molecule has 40 heavy (non-hydrogen) atoms. The highest BCUT2D eigenvalue weighted by Crippen LogP contribution is 2.28. The van der Waals surface area contributed by atoms with Crippen molar-refractivity contribution in [2.24, 2.45) is 0 Å². The largest absolute Gasteiger partial charge is 0.480 e. The Morgan fingerprint density at radius 3 is 2.23 bits per heavy atom. The predicted octanol–water partition coefficient (Wildman–Crippen LogP) is 7.32. The van der Waals surface area contributed by atoms with Crippen LogP contribution in [0.2, 0.25) is 0 Å². The first-order valence-corrected chi connectivity index (χ1v) is 13.8. The highest BCUT2D eigenvalue weighted by Gasteiger charge is 2.24. The van der Waals surface area contributed by atoms with Crippen molar-refractivity contribution in [3.8, 4) is 22.6 Å². The molecule has 0 aliphatic carbocycles. The van der Waals surface area contributed by atoms with Crippen molar-refractivity contribution in [2.75, 3.05) is 18.0 Å². The van der Waals surface area contributed by atoms with Crippen LogP contribution in [0.25, 0.3) is 11.1 Å². The Kier molecular flexibility index (Phi) is 9.56. The lowest BCUT2D eigenvalue weighted by Gasteiger charge is -2.24. The van der Waals surface area contributed by atoms with Gasteiger partial charge in [0.1, 0.15) is 23.4 Å². The molecule has 206 valence electrons. The van der Waals surface area contributed by atoms with Gasteiger partial charge >= 0.3 is 5.97 Å². The molecule has 0 aliphatic heterocycles. The van der Waals surface area contributed by atoms with Crippen molar-refractivity contribution in [3.05, 3.63) is 112 Å². The van der Waals surface area contributed by atoms with E-state index >= 15 is 0 Å². The topological polar surface area (TPSA) is 78.9 Å². The zero-order valence-electron chi connectivity index (χ0n) is 22.2. The van der Waals surface area contributed by atoms with Crippen molar-refractivity contribution >= 4 is 33.5 Å². The van der Waals surface area contributed by atoms with Gasteiger partial charge in [-0.25, -0.2) is 9.18 Å². The fraction of sp³-hybridized carbons (Fsp3) is 0.188. The first-order valence-electron chi connectivity index (χ1n) is 13.0. The number of carbonyl (C=O) groups is 2. The molecular weight excluding hydrogens is 575 g/mol. The Balaban J connectivity index is 1.48. The van der Waals surface area contributed by atoms with Gasteiger partial charge < -0.3 is 20.1 Å². The highest BCUT2D eigenvalue weighted by atomic mass is 79.9. The highest BCUT2D eigenvalue weighted by molar-refractivity contribution is 9.10. The molecule has 8 heteroatoms. The van der Waals surface area contributed by atoms with Crippen LogP contribution in [-0.4, -0.2) is 36.1 Å². The monoisotopic (exact) mass is 604 g/mol. The van der Waals surface area contributed by atoms with E-state index in [1.807, 2.05) is 73.3 Å². The predicted molar refractivity (Wildman–Crippen MR) is 159 cm³/mol. The smallest absolute Gasteiger partial charge is 0.326 e. The van der Waals surface area contributed by atoms with Gasteiger partial charge in [-0.15, -0.1) is 0 Å². The molecule has 0 aromatic heterocycles. The average Bonchev–Trinajstić information content (AvgIpc) is 2.94. The Labute approximate surface area is 241 Å². The number of rotatable bonds is 11. The minimum atomic E-state index is -1.11. The van der Waals surface area contributed by atoms with E-state index < -0.39 is 17.9 Å². The van der Waals surface area contributed by atoms with Crippen molar-refractivity contribution in [3.63, 3.8) is 0 Å². The lowest BCUT2D eigenvalue weighted by atomic mass is 10.00. The van der Waals surface area contributed by atoms with Crippen LogP contribution in [0, 0.1) is 5.82 Å². The number of nitrogens with one attached hydrogen (secondary N) is 1. The lowest BCUT2D eigenvalue weighted by Crippen LogP contribution is -2.42. The number of hydrogen-bond acceptors (Lipinski definition) is 4. The van der Waals surface area contributed by atoms with Gasteiger partial charge in [-0.1, -0.05) is 58.4 Å². The summed E-state index contributed by atoms with van der Waals surface area (Å²) in [6, 6.07) is 25.2. The summed E-state index contributed by atoms with van der Waals surface area (Å²) >= 11 is 3.42. The van der Waals surface area contributed by atoms with Gasteiger partial charge in [0.25, 0.3) is 5.91 Å².